The molecule has 4 nitrogen and oxygen atoms in total. The molecule has 1 rings (SSSR count). The predicted molar refractivity (Wildman–Crippen MR) is 51.8 cm³/mol. The van der Waals surface area contributed by atoms with Gasteiger partial charge in [0.25, 0.3) is 0 Å². The number of aromatic hydroxyl groups is 1. The van der Waals surface area contributed by atoms with Gasteiger partial charge in [-0.15, -0.1) is 0 Å². The number of aliphatic hydroxyl groups excluding tert-OH is 1. The lowest BCUT2D eigenvalue weighted by molar-refractivity contribution is -0.109. The zero-order valence-electron chi connectivity index (χ0n) is 7.73. The average Bonchev–Trinajstić information content (AvgIpc) is 2.21. The van der Waals surface area contributed by atoms with Crippen LogP contribution in [0.4, 0.5) is 0 Å². The molecule has 0 radical (unpaired) electrons. The summed E-state index contributed by atoms with van der Waals surface area (Å²) >= 11 is 0. The molecule has 0 heterocycles. The van der Waals surface area contributed by atoms with Gasteiger partial charge < -0.3 is 15.5 Å². The second-order valence-electron chi connectivity index (χ2n) is 2.94. The van der Waals surface area contributed by atoms with Gasteiger partial charge in [0, 0.05) is 12.1 Å². The second kappa shape index (κ2) is 5.24. The Hall–Kier alpha value is -1.55. The van der Waals surface area contributed by atoms with Crippen molar-refractivity contribution >= 4 is 6.41 Å². The first kappa shape index (κ1) is 10.5. The van der Waals surface area contributed by atoms with Crippen LogP contribution in [0.25, 0.3) is 0 Å². The molecule has 0 saturated carbocycles. The smallest absolute Gasteiger partial charge is 0.207 e. The summed E-state index contributed by atoms with van der Waals surface area (Å²) in [5, 5.41) is 20.7. The zero-order chi connectivity index (χ0) is 10.4. The fourth-order valence-electron chi connectivity index (χ4n) is 1.20. The number of carbonyl (C=O) groups excluding carboxylic acids is 1. The number of amides is 1. The van der Waals surface area contributed by atoms with Crippen molar-refractivity contribution in [2.24, 2.45) is 0 Å². The summed E-state index contributed by atoms with van der Waals surface area (Å²) in [6, 6.07) is 5.03. The van der Waals surface area contributed by atoms with E-state index in [4.69, 9.17) is 5.11 Å². The summed E-state index contributed by atoms with van der Waals surface area (Å²) in [5.41, 5.74) is 1.48. The van der Waals surface area contributed by atoms with Crippen LogP contribution in [0.2, 0.25) is 0 Å². The first-order chi connectivity index (χ1) is 6.77. The molecule has 1 amide bonds. The molecule has 0 fully saturated rings. The van der Waals surface area contributed by atoms with E-state index in [0.717, 1.165) is 5.56 Å². The van der Waals surface area contributed by atoms with Crippen LogP contribution in [-0.2, 0) is 17.8 Å². The number of nitrogens with one attached hydrogen (secondary N) is 1. The number of hydrogen-bond donors (Lipinski definition) is 3. The number of hydrogen-bond acceptors (Lipinski definition) is 3. The van der Waals surface area contributed by atoms with Gasteiger partial charge in [-0.3, -0.25) is 4.79 Å². The van der Waals surface area contributed by atoms with E-state index in [-0.39, 0.29) is 12.4 Å². The van der Waals surface area contributed by atoms with E-state index in [9.17, 15) is 9.90 Å². The van der Waals surface area contributed by atoms with Gasteiger partial charge in [0.2, 0.25) is 6.41 Å². The van der Waals surface area contributed by atoms with E-state index in [1.54, 1.807) is 18.2 Å². The minimum absolute atomic E-state index is 0.0968. The minimum Gasteiger partial charge on any atom is -0.508 e. The predicted octanol–water partition coefficient (Wildman–Crippen LogP) is 0.173. The van der Waals surface area contributed by atoms with Crippen molar-refractivity contribution in [2.75, 3.05) is 6.54 Å². The Kier molecular flexibility index (Phi) is 3.94. The van der Waals surface area contributed by atoms with Crippen LogP contribution in [-0.4, -0.2) is 23.2 Å². The van der Waals surface area contributed by atoms with Crippen LogP contribution >= 0.6 is 0 Å². The molecule has 4 heteroatoms. The molecule has 0 aromatic heterocycles. The van der Waals surface area contributed by atoms with Gasteiger partial charge in [-0.2, -0.15) is 0 Å². The van der Waals surface area contributed by atoms with Crippen LogP contribution in [0.3, 0.4) is 0 Å². The van der Waals surface area contributed by atoms with E-state index in [1.165, 1.54) is 0 Å². The molecular weight excluding hydrogens is 182 g/mol. The van der Waals surface area contributed by atoms with Gasteiger partial charge in [0.15, 0.2) is 0 Å². The largest absolute Gasteiger partial charge is 0.508 e. The second-order valence-corrected chi connectivity index (χ2v) is 2.94. The highest BCUT2D eigenvalue weighted by Gasteiger charge is 2.00. The topological polar surface area (TPSA) is 69.6 Å². The van der Waals surface area contributed by atoms with Crippen molar-refractivity contribution in [1.29, 1.82) is 0 Å². The third-order valence-corrected chi connectivity index (χ3v) is 1.96. The molecule has 0 atom stereocenters. The normalized spacial score (nSPS) is 9.79. The van der Waals surface area contributed by atoms with E-state index in [1.807, 2.05) is 0 Å². The third kappa shape index (κ3) is 2.74. The molecule has 0 aliphatic carbocycles. The van der Waals surface area contributed by atoms with E-state index in [0.29, 0.717) is 24.9 Å². The quantitative estimate of drug-likeness (QED) is 0.463. The Morgan fingerprint density at radius 2 is 2.21 bits per heavy atom. The Bertz CT molecular complexity index is 312. The van der Waals surface area contributed by atoms with Crippen molar-refractivity contribution in [3.63, 3.8) is 0 Å². The molecule has 0 aliphatic heterocycles. The lowest BCUT2D eigenvalue weighted by Crippen LogP contribution is -2.14. The Balaban J connectivity index is 2.64. The summed E-state index contributed by atoms with van der Waals surface area (Å²) in [4.78, 5) is 9.98. The fraction of sp³-hybridized carbons (Fsp3) is 0.300. The summed E-state index contributed by atoms with van der Waals surface area (Å²) in [6.45, 7) is 0.375. The highest BCUT2D eigenvalue weighted by atomic mass is 16.3. The van der Waals surface area contributed by atoms with Crippen LogP contribution in [0.5, 0.6) is 5.75 Å². The standard InChI is InChI=1S/C10H13NO3/c12-6-9-5-8(1-2-10(9)14)3-4-11-7-13/h1-2,5,7,12,14H,3-4,6H2,(H,11,13). The SMILES string of the molecule is O=CNCCc1ccc(O)c(CO)c1. The zero-order valence-corrected chi connectivity index (χ0v) is 7.73. The van der Waals surface area contributed by atoms with Gasteiger partial charge in [0.05, 0.1) is 6.61 Å². The van der Waals surface area contributed by atoms with E-state index < -0.39 is 0 Å². The van der Waals surface area contributed by atoms with Crippen molar-refractivity contribution < 1.29 is 15.0 Å². The Morgan fingerprint density at radius 3 is 2.86 bits per heavy atom. The highest BCUT2D eigenvalue weighted by molar-refractivity contribution is 5.46. The van der Waals surface area contributed by atoms with Crippen molar-refractivity contribution in [1.82, 2.24) is 5.32 Å². The molecule has 0 spiro atoms. The Labute approximate surface area is 82.2 Å². The maximum absolute atomic E-state index is 9.98. The number of benzene rings is 1. The van der Waals surface area contributed by atoms with Crippen molar-refractivity contribution in [3.8, 4) is 5.75 Å². The number of rotatable bonds is 5. The molecule has 3 N–H and O–H groups in total. The molecule has 1 aromatic rings. The van der Waals surface area contributed by atoms with Crippen LogP contribution in [0.15, 0.2) is 18.2 Å². The summed E-state index contributed by atoms with van der Waals surface area (Å²) < 4.78 is 0. The van der Waals surface area contributed by atoms with Gasteiger partial charge in [0.1, 0.15) is 5.75 Å². The van der Waals surface area contributed by atoms with Gasteiger partial charge >= 0.3 is 0 Å². The van der Waals surface area contributed by atoms with Crippen molar-refractivity contribution in [2.45, 2.75) is 13.0 Å². The fourth-order valence-corrected chi connectivity index (χ4v) is 1.20. The highest BCUT2D eigenvalue weighted by Crippen LogP contribution is 2.18. The molecular formula is C10H13NO3. The number of carbonyl (C=O) groups is 1. The van der Waals surface area contributed by atoms with E-state index in [2.05, 4.69) is 5.32 Å². The summed E-state index contributed by atoms with van der Waals surface area (Å²) in [7, 11) is 0. The monoisotopic (exact) mass is 195 g/mol. The van der Waals surface area contributed by atoms with Crippen LogP contribution in [0, 0.1) is 0 Å². The molecule has 76 valence electrons. The summed E-state index contributed by atoms with van der Waals surface area (Å²) in [6.07, 6.45) is 1.33. The maximum Gasteiger partial charge on any atom is 0.207 e. The lowest BCUT2D eigenvalue weighted by atomic mass is 10.1. The Morgan fingerprint density at radius 1 is 1.43 bits per heavy atom. The van der Waals surface area contributed by atoms with E-state index >= 15 is 0 Å². The molecule has 0 bridgehead atoms. The molecule has 0 aliphatic rings. The van der Waals surface area contributed by atoms with Gasteiger partial charge in [-0.25, -0.2) is 0 Å². The number of phenols is 1. The van der Waals surface area contributed by atoms with Gasteiger partial charge in [-0.1, -0.05) is 6.07 Å². The van der Waals surface area contributed by atoms with Crippen molar-refractivity contribution in [3.05, 3.63) is 29.3 Å². The van der Waals surface area contributed by atoms with Crippen LogP contribution in [0.1, 0.15) is 11.1 Å². The molecule has 0 unspecified atom stereocenters. The summed E-state index contributed by atoms with van der Waals surface area (Å²) in [5.74, 6) is 0.0968. The molecule has 14 heavy (non-hydrogen) atoms. The molecule has 0 saturated heterocycles. The van der Waals surface area contributed by atoms with Crippen LogP contribution < -0.4 is 5.32 Å². The van der Waals surface area contributed by atoms with Gasteiger partial charge in [-0.05, 0) is 24.1 Å². The lowest BCUT2D eigenvalue weighted by Gasteiger charge is -2.05. The number of aliphatic hydroxyl groups is 1. The third-order valence-electron chi connectivity index (χ3n) is 1.96. The maximum atomic E-state index is 9.98. The molecule has 1 aromatic carbocycles. The first-order valence-electron chi connectivity index (χ1n) is 4.36. The first-order valence-corrected chi connectivity index (χ1v) is 4.36. The average molecular weight is 195 g/mol. The minimum atomic E-state index is -0.180.